The molecular formula is C19H26N4O2. The summed E-state index contributed by atoms with van der Waals surface area (Å²) in [6.45, 7) is 9.08. The molecule has 2 N–H and O–H groups in total. The summed E-state index contributed by atoms with van der Waals surface area (Å²) < 4.78 is 5.59. The number of rotatable bonds is 8. The van der Waals surface area contributed by atoms with Gasteiger partial charge in [0.05, 0.1) is 6.10 Å². The minimum atomic E-state index is -0.271. The molecule has 0 fully saturated rings. The minimum absolute atomic E-state index is 0.114. The first-order valence-corrected chi connectivity index (χ1v) is 8.58. The third-order valence-corrected chi connectivity index (χ3v) is 3.41. The van der Waals surface area contributed by atoms with Crippen LogP contribution >= 0.6 is 0 Å². The number of ether oxygens (including phenoxy) is 1. The molecule has 1 amide bonds. The molecule has 0 atom stereocenters. The van der Waals surface area contributed by atoms with E-state index >= 15 is 0 Å². The van der Waals surface area contributed by atoms with E-state index < -0.39 is 0 Å². The number of anilines is 2. The SMILES string of the molecule is CC(C)CCNc1cc(C(=O)Nc2ccc(OC(C)C)cc2)ncn1. The molecular weight excluding hydrogens is 316 g/mol. The Hall–Kier alpha value is -2.63. The van der Waals surface area contributed by atoms with Crippen LogP contribution in [0.4, 0.5) is 11.5 Å². The maximum atomic E-state index is 12.4. The van der Waals surface area contributed by atoms with Gasteiger partial charge in [-0.1, -0.05) is 13.8 Å². The van der Waals surface area contributed by atoms with Crippen molar-refractivity contribution < 1.29 is 9.53 Å². The summed E-state index contributed by atoms with van der Waals surface area (Å²) in [4.78, 5) is 20.5. The van der Waals surface area contributed by atoms with Gasteiger partial charge < -0.3 is 15.4 Å². The lowest BCUT2D eigenvalue weighted by atomic mass is 10.1. The Bertz CT molecular complexity index is 684. The van der Waals surface area contributed by atoms with Crippen LogP contribution in [0.3, 0.4) is 0 Å². The predicted molar refractivity (Wildman–Crippen MR) is 100 cm³/mol. The van der Waals surface area contributed by atoms with Crippen LogP contribution in [-0.4, -0.2) is 28.5 Å². The summed E-state index contributed by atoms with van der Waals surface area (Å²) in [6.07, 6.45) is 2.55. The molecule has 134 valence electrons. The van der Waals surface area contributed by atoms with Crippen LogP contribution in [0.25, 0.3) is 0 Å². The largest absolute Gasteiger partial charge is 0.491 e. The highest BCUT2D eigenvalue weighted by Gasteiger charge is 2.09. The number of nitrogens with zero attached hydrogens (tertiary/aromatic N) is 2. The number of nitrogens with one attached hydrogen (secondary N) is 2. The van der Waals surface area contributed by atoms with E-state index in [0.717, 1.165) is 18.7 Å². The molecule has 6 heteroatoms. The fourth-order valence-corrected chi connectivity index (χ4v) is 2.15. The first-order chi connectivity index (χ1) is 11.9. The van der Waals surface area contributed by atoms with Crippen LogP contribution in [0, 0.1) is 5.92 Å². The molecule has 25 heavy (non-hydrogen) atoms. The normalized spacial score (nSPS) is 10.8. The number of hydrogen-bond donors (Lipinski definition) is 2. The van der Waals surface area contributed by atoms with E-state index in [9.17, 15) is 4.79 Å². The van der Waals surface area contributed by atoms with Crippen LogP contribution in [0.5, 0.6) is 5.75 Å². The second kappa shape index (κ2) is 9.01. The highest BCUT2D eigenvalue weighted by atomic mass is 16.5. The molecule has 2 aromatic rings. The highest BCUT2D eigenvalue weighted by Crippen LogP contribution is 2.17. The lowest BCUT2D eigenvalue weighted by Gasteiger charge is -2.11. The van der Waals surface area contributed by atoms with Gasteiger partial charge in [-0.2, -0.15) is 0 Å². The van der Waals surface area contributed by atoms with E-state index in [1.54, 1.807) is 18.2 Å². The Morgan fingerprint density at radius 2 is 1.84 bits per heavy atom. The molecule has 0 spiro atoms. The number of hydrogen-bond acceptors (Lipinski definition) is 5. The minimum Gasteiger partial charge on any atom is -0.491 e. The fourth-order valence-electron chi connectivity index (χ4n) is 2.15. The first-order valence-electron chi connectivity index (χ1n) is 8.58. The van der Waals surface area contributed by atoms with E-state index in [1.807, 2.05) is 26.0 Å². The van der Waals surface area contributed by atoms with Crippen molar-refractivity contribution in [3.8, 4) is 5.75 Å². The zero-order valence-corrected chi connectivity index (χ0v) is 15.2. The van der Waals surface area contributed by atoms with Crippen LogP contribution in [0.1, 0.15) is 44.6 Å². The third-order valence-electron chi connectivity index (χ3n) is 3.41. The van der Waals surface area contributed by atoms with Crippen molar-refractivity contribution in [2.75, 3.05) is 17.2 Å². The monoisotopic (exact) mass is 342 g/mol. The summed E-state index contributed by atoms with van der Waals surface area (Å²) in [7, 11) is 0. The molecule has 0 aliphatic rings. The summed E-state index contributed by atoms with van der Waals surface area (Å²) >= 11 is 0. The Kier molecular flexibility index (Phi) is 6.74. The van der Waals surface area contributed by atoms with Crippen molar-refractivity contribution in [3.05, 3.63) is 42.4 Å². The zero-order valence-electron chi connectivity index (χ0n) is 15.2. The van der Waals surface area contributed by atoms with Crippen LogP contribution in [-0.2, 0) is 0 Å². The maximum Gasteiger partial charge on any atom is 0.274 e. The van der Waals surface area contributed by atoms with Gasteiger partial charge in [-0.15, -0.1) is 0 Å². The molecule has 0 aliphatic carbocycles. The van der Waals surface area contributed by atoms with Crippen LogP contribution in [0.15, 0.2) is 36.7 Å². The van der Waals surface area contributed by atoms with E-state index in [4.69, 9.17) is 4.74 Å². The molecule has 2 rings (SSSR count). The zero-order chi connectivity index (χ0) is 18.2. The Morgan fingerprint density at radius 3 is 2.48 bits per heavy atom. The fraction of sp³-hybridized carbons (Fsp3) is 0.421. The van der Waals surface area contributed by atoms with Crippen LogP contribution in [0.2, 0.25) is 0 Å². The number of benzene rings is 1. The average molecular weight is 342 g/mol. The smallest absolute Gasteiger partial charge is 0.274 e. The molecule has 0 unspecified atom stereocenters. The van der Waals surface area contributed by atoms with Gasteiger partial charge in [-0.3, -0.25) is 4.79 Å². The molecule has 1 aromatic carbocycles. The summed E-state index contributed by atoms with van der Waals surface area (Å²) in [5, 5.41) is 6.04. The number of aromatic nitrogens is 2. The van der Waals surface area contributed by atoms with Gasteiger partial charge in [0, 0.05) is 18.3 Å². The average Bonchev–Trinajstić information content (AvgIpc) is 2.56. The van der Waals surface area contributed by atoms with Gasteiger partial charge in [-0.05, 0) is 50.5 Å². The van der Waals surface area contributed by atoms with Crippen molar-refractivity contribution in [2.24, 2.45) is 5.92 Å². The van der Waals surface area contributed by atoms with E-state index in [1.165, 1.54) is 6.33 Å². The Labute approximate surface area is 149 Å². The van der Waals surface area contributed by atoms with Crippen LogP contribution < -0.4 is 15.4 Å². The quantitative estimate of drug-likeness (QED) is 0.759. The van der Waals surface area contributed by atoms with Crippen molar-refractivity contribution in [1.29, 1.82) is 0 Å². The van der Waals surface area contributed by atoms with Crippen molar-refractivity contribution in [3.63, 3.8) is 0 Å². The summed E-state index contributed by atoms with van der Waals surface area (Å²) in [6, 6.07) is 8.92. The predicted octanol–water partition coefficient (Wildman–Crippen LogP) is 3.97. The standard InChI is InChI=1S/C19H26N4O2/c1-13(2)9-10-20-18-11-17(21-12-22-18)19(24)23-15-5-7-16(8-6-15)25-14(3)4/h5-8,11-14H,9-10H2,1-4H3,(H,23,24)(H,20,21,22). The highest BCUT2D eigenvalue weighted by molar-refractivity contribution is 6.03. The lowest BCUT2D eigenvalue weighted by Crippen LogP contribution is -2.15. The third kappa shape index (κ3) is 6.41. The van der Waals surface area contributed by atoms with Crippen molar-refractivity contribution >= 4 is 17.4 Å². The van der Waals surface area contributed by atoms with E-state index in [0.29, 0.717) is 23.1 Å². The molecule has 1 heterocycles. The number of amides is 1. The first kappa shape index (κ1) is 18.7. The van der Waals surface area contributed by atoms with Gasteiger partial charge in [-0.25, -0.2) is 9.97 Å². The van der Waals surface area contributed by atoms with Gasteiger partial charge >= 0.3 is 0 Å². The van der Waals surface area contributed by atoms with Gasteiger partial charge in [0.2, 0.25) is 0 Å². The second-order valence-corrected chi connectivity index (χ2v) is 6.54. The van der Waals surface area contributed by atoms with Gasteiger partial charge in [0.25, 0.3) is 5.91 Å². The summed E-state index contributed by atoms with van der Waals surface area (Å²) in [5.74, 6) is 1.76. The Balaban J connectivity index is 1.96. The van der Waals surface area contributed by atoms with E-state index in [-0.39, 0.29) is 12.0 Å². The molecule has 0 radical (unpaired) electrons. The van der Waals surface area contributed by atoms with Gasteiger partial charge in [0.15, 0.2) is 0 Å². The van der Waals surface area contributed by atoms with E-state index in [2.05, 4.69) is 34.4 Å². The number of carbonyl (C=O) groups is 1. The summed E-state index contributed by atoms with van der Waals surface area (Å²) in [5.41, 5.74) is 1.01. The molecule has 0 saturated heterocycles. The second-order valence-electron chi connectivity index (χ2n) is 6.54. The topological polar surface area (TPSA) is 76.1 Å². The van der Waals surface area contributed by atoms with Crippen molar-refractivity contribution in [1.82, 2.24) is 9.97 Å². The molecule has 1 aromatic heterocycles. The number of carbonyl (C=O) groups excluding carboxylic acids is 1. The van der Waals surface area contributed by atoms with Crippen molar-refractivity contribution in [2.45, 2.75) is 40.2 Å². The maximum absolute atomic E-state index is 12.4. The van der Waals surface area contributed by atoms with Gasteiger partial charge in [0.1, 0.15) is 23.6 Å². The molecule has 0 saturated carbocycles. The molecule has 6 nitrogen and oxygen atoms in total. The molecule has 0 aliphatic heterocycles. The Morgan fingerprint density at radius 1 is 1.12 bits per heavy atom. The lowest BCUT2D eigenvalue weighted by molar-refractivity contribution is 0.102. The molecule has 0 bridgehead atoms.